The second kappa shape index (κ2) is 7.42. The molecule has 0 saturated carbocycles. The molecule has 2 aromatic heterocycles. The molecule has 27 heavy (non-hydrogen) atoms. The van der Waals surface area contributed by atoms with E-state index in [2.05, 4.69) is 20.4 Å². The zero-order valence-corrected chi connectivity index (χ0v) is 16.4. The number of aryl methyl sites for hydroxylation is 2. The lowest BCUT2D eigenvalue weighted by Crippen LogP contribution is -2.31. The average molecular weight is 372 g/mol. The zero-order valence-electron chi connectivity index (χ0n) is 16.4. The van der Waals surface area contributed by atoms with Crippen LogP contribution < -0.4 is 15.7 Å². The van der Waals surface area contributed by atoms with E-state index in [4.69, 9.17) is 4.74 Å². The topological polar surface area (TPSA) is 86.9 Å². The van der Waals surface area contributed by atoms with Gasteiger partial charge in [-0.15, -0.1) is 0 Å². The fourth-order valence-corrected chi connectivity index (χ4v) is 4.18. The van der Waals surface area contributed by atoms with Gasteiger partial charge in [-0.25, -0.2) is 14.5 Å². The summed E-state index contributed by atoms with van der Waals surface area (Å²) < 4.78 is 9.37. The predicted molar refractivity (Wildman–Crippen MR) is 101 cm³/mol. The summed E-state index contributed by atoms with van der Waals surface area (Å²) in [5.74, 6) is 2.86. The molecule has 1 N–H and O–H groups in total. The molecule has 146 valence electrons. The van der Waals surface area contributed by atoms with Gasteiger partial charge < -0.3 is 10.1 Å². The summed E-state index contributed by atoms with van der Waals surface area (Å²) in [6, 6.07) is 0. The highest BCUT2D eigenvalue weighted by Crippen LogP contribution is 2.29. The molecule has 8 nitrogen and oxygen atoms in total. The van der Waals surface area contributed by atoms with Gasteiger partial charge in [0.15, 0.2) is 0 Å². The molecule has 1 atom stereocenters. The Morgan fingerprint density at radius 1 is 1.22 bits per heavy atom. The normalized spacial score (nSPS) is 19.9. The van der Waals surface area contributed by atoms with Gasteiger partial charge in [0.25, 0.3) is 0 Å². The Labute approximate surface area is 159 Å². The molecule has 1 fully saturated rings. The molecule has 8 heteroatoms. The number of rotatable bonds is 5. The average Bonchev–Trinajstić information content (AvgIpc) is 3.17. The minimum atomic E-state index is -0.126. The summed E-state index contributed by atoms with van der Waals surface area (Å²) >= 11 is 0. The second-order valence-corrected chi connectivity index (χ2v) is 7.61. The zero-order chi connectivity index (χ0) is 19.0. The van der Waals surface area contributed by atoms with Gasteiger partial charge in [-0.1, -0.05) is 0 Å². The van der Waals surface area contributed by atoms with Crippen molar-refractivity contribution in [3.63, 3.8) is 0 Å². The lowest BCUT2D eigenvalue weighted by Gasteiger charge is -2.21. The minimum absolute atomic E-state index is 0.0417. The summed E-state index contributed by atoms with van der Waals surface area (Å²) in [5, 5.41) is 8.06. The maximum Gasteiger partial charge on any atom is 0.346 e. The monoisotopic (exact) mass is 372 g/mol. The highest BCUT2D eigenvalue weighted by Gasteiger charge is 2.29. The predicted octanol–water partition coefficient (Wildman–Crippen LogP) is 1.02. The van der Waals surface area contributed by atoms with Crippen LogP contribution >= 0.6 is 0 Å². The Morgan fingerprint density at radius 3 is 2.74 bits per heavy atom. The van der Waals surface area contributed by atoms with E-state index in [0.717, 1.165) is 55.9 Å². The molecule has 0 radical (unpaired) electrons. The molecule has 2 aromatic rings. The van der Waals surface area contributed by atoms with Crippen molar-refractivity contribution in [1.82, 2.24) is 29.6 Å². The second-order valence-electron chi connectivity index (χ2n) is 7.61. The first-order valence-corrected chi connectivity index (χ1v) is 9.93. The summed E-state index contributed by atoms with van der Waals surface area (Å²) in [6.07, 6.45) is 3.75. The van der Waals surface area contributed by atoms with Crippen LogP contribution in [0.1, 0.15) is 42.7 Å². The van der Waals surface area contributed by atoms with Crippen LogP contribution in [0, 0.1) is 19.8 Å². The van der Waals surface area contributed by atoms with Gasteiger partial charge in [0, 0.05) is 30.6 Å². The third-order valence-electron chi connectivity index (χ3n) is 5.62. The first-order valence-electron chi connectivity index (χ1n) is 9.93. The van der Waals surface area contributed by atoms with Crippen LogP contribution in [0.5, 0.6) is 5.88 Å². The van der Waals surface area contributed by atoms with Crippen LogP contribution in [-0.4, -0.2) is 43.5 Å². The molecule has 0 aromatic carbocycles. The van der Waals surface area contributed by atoms with E-state index >= 15 is 0 Å². The highest BCUT2D eigenvalue weighted by atomic mass is 16.5. The minimum Gasteiger partial charge on any atom is -0.472 e. The Balaban J connectivity index is 1.51. The van der Waals surface area contributed by atoms with Gasteiger partial charge in [0.1, 0.15) is 17.8 Å². The van der Waals surface area contributed by atoms with Crippen LogP contribution in [0.2, 0.25) is 0 Å². The van der Waals surface area contributed by atoms with Crippen molar-refractivity contribution in [3.05, 3.63) is 33.4 Å². The third kappa shape index (κ3) is 3.63. The SMILES string of the molecule is CCn1c(CC2CCNCC2)nn(CC2Cc3c(C)nc(C)nc3O2)c1=O. The Hall–Kier alpha value is -2.22. The molecule has 0 amide bonds. The summed E-state index contributed by atoms with van der Waals surface area (Å²) in [6.45, 7) is 9.04. The molecular formula is C19H28N6O2. The van der Waals surface area contributed by atoms with Gasteiger partial charge >= 0.3 is 5.69 Å². The van der Waals surface area contributed by atoms with Crippen molar-refractivity contribution in [1.29, 1.82) is 0 Å². The number of aromatic nitrogens is 5. The summed E-state index contributed by atoms with van der Waals surface area (Å²) in [5.41, 5.74) is 1.96. The van der Waals surface area contributed by atoms with Gasteiger partial charge in [0.2, 0.25) is 5.88 Å². The molecule has 0 aliphatic carbocycles. The van der Waals surface area contributed by atoms with E-state index in [9.17, 15) is 4.79 Å². The maximum absolute atomic E-state index is 12.8. The van der Waals surface area contributed by atoms with Crippen LogP contribution in [0.25, 0.3) is 0 Å². The lowest BCUT2D eigenvalue weighted by molar-refractivity contribution is 0.194. The summed E-state index contributed by atoms with van der Waals surface area (Å²) in [7, 11) is 0. The Kier molecular flexibility index (Phi) is 4.99. The van der Waals surface area contributed by atoms with E-state index in [1.807, 2.05) is 20.8 Å². The largest absolute Gasteiger partial charge is 0.472 e. The molecule has 2 aliphatic rings. The fraction of sp³-hybridized carbons (Fsp3) is 0.684. The van der Waals surface area contributed by atoms with Crippen molar-refractivity contribution in [2.24, 2.45) is 5.92 Å². The van der Waals surface area contributed by atoms with Crippen molar-refractivity contribution in [2.75, 3.05) is 13.1 Å². The number of nitrogens with one attached hydrogen (secondary N) is 1. The summed E-state index contributed by atoms with van der Waals surface area (Å²) in [4.78, 5) is 21.6. The number of hydrogen-bond donors (Lipinski definition) is 1. The first-order chi connectivity index (χ1) is 13.0. The number of hydrogen-bond acceptors (Lipinski definition) is 6. The highest BCUT2D eigenvalue weighted by molar-refractivity contribution is 5.34. The molecule has 0 spiro atoms. The van der Waals surface area contributed by atoms with Crippen molar-refractivity contribution in [3.8, 4) is 5.88 Å². The standard InChI is InChI=1S/C19H28N6O2/c1-4-24-17(9-14-5-7-20-8-6-14)23-25(19(24)26)11-15-10-16-12(2)21-13(3)22-18(16)27-15/h14-15,20H,4-11H2,1-3H3. The van der Waals surface area contributed by atoms with Crippen LogP contribution in [0.3, 0.4) is 0 Å². The van der Waals surface area contributed by atoms with Crippen molar-refractivity contribution in [2.45, 2.75) is 65.6 Å². The molecular weight excluding hydrogens is 344 g/mol. The lowest BCUT2D eigenvalue weighted by atomic mass is 9.94. The molecule has 4 heterocycles. The number of ether oxygens (including phenoxy) is 1. The van der Waals surface area contributed by atoms with E-state index < -0.39 is 0 Å². The number of nitrogens with zero attached hydrogens (tertiary/aromatic N) is 5. The van der Waals surface area contributed by atoms with Gasteiger partial charge in [0.05, 0.1) is 6.54 Å². The van der Waals surface area contributed by atoms with Gasteiger partial charge in [-0.3, -0.25) is 4.57 Å². The smallest absolute Gasteiger partial charge is 0.346 e. The van der Waals surface area contributed by atoms with E-state index in [-0.39, 0.29) is 11.8 Å². The van der Waals surface area contributed by atoms with E-state index in [1.54, 1.807) is 9.25 Å². The van der Waals surface area contributed by atoms with Crippen LogP contribution in [0.15, 0.2) is 4.79 Å². The Bertz CT molecular complexity index is 881. The molecule has 2 aliphatic heterocycles. The van der Waals surface area contributed by atoms with E-state index in [0.29, 0.717) is 30.7 Å². The Morgan fingerprint density at radius 2 is 2.00 bits per heavy atom. The van der Waals surface area contributed by atoms with Crippen LogP contribution in [0.4, 0.5) is 0 Å². The molecule has 0 bridgehead atoms. The van der Waals surface area contributed by atoms with Crippen molar-refractivity contribution < 1.29 is 4.74 Å². The van der Waals surface area contributed by atoms with E-state index in [1.165, 1.54) is 0 Å². The third-order valence-corrected chi connectivity index (χ3v) is 5.62. The first kappa shape index (κ1) is 18.2. The quantitative estimate of drug-likeness (QED) is 0.843. The van der Waals surface area contributed by atoms with Gasteiger partial charge in [-0.05, 0) is 52.6 Å². The number of piperidine rings is 1. The fourth-order valence-electron chi connectivity index (χ4n) is 4.18. The van der Waals surface area contributed by atoms with Crippen molar-refractivity contribution >= 4 is 0 Å². The van der Waals surface area contributed by atoms with Crippen LogP contribution in [-0.2, 0) is 25.9 Å². The molecule has 1 saturated heterocycles. The maximum atomic E-state index is 12.8. The molecule has 4 rings (SSSR count). The number of fused-ring (bicyclic) bond motifs is 1. The van der Waals surface area contributed by atoms with Gasteiger partial charge in [-0.2, -0.15) is 10.1 Å². The molecule has 1 unspecified atom stereocenters.